The number of hydrogen-bond donors (Lipinski definition) is 2. The summed E-state index contributed by atoms with van der Waals surface area (Å²) >= 11 is 0. The van der Waals surface area contributed by atoms with Crippen molar-refractivity contribution in [2.24, 2.45) is 57.2 Å². The van der Waals surface area contributed by atoms with Crippen molar-refractivity contribution in [2.75, 3.05) is 37.7 Å². The first-order valence-electron chi connectivity index (χ1n) is 20.0. The van der Waals surface area contributed by atoms with Crippen molar-refractivity contribution in [3.63, 3.8) is 0 Å². The van der Waals surface area contributed by atoms with Crippen LogP contribution in [0, 0.1) is 57.2 Å². The minimum Gasteiger partial charge on any atom is -0.478 e. The summed E-state index contributed by atoms with van der Waals surface area (Å²) in [5, 5.41) is 13.8. The van der Waals surface area contributed by atoms with E-state index in [9.17, 15) is 18.3 Å². The summed E-state index contributed by atoms with van der Waals surface area (Å²) in [6.07, 6.45) is 13.1. The average Bonchev–Trinajstić information content (AvgIpc) is 3.42. The molecule has 0 bridgehead atoms. The third-order valence-electron chi connectivity index (χ3n) is 17.3. The van der Waals surface area contributed by atoms with Crippen LogP contribution in [0.2, 0.25) is 0 Å². The van der Waals surface area contributed by atoms with Crippen LogP contribution in [0.5, 0.6) is 0 Å². The quantitative estimate of drug-likeness (QED) is 0.299. The highest BCUT2D eigenvalue weighted by molar-refractivity contribution is 7.91. The summed E-state index contributed by atoms with van der Waals surface area (Å²) in [5.41, 5.74) is 3.09. The molecule has 0 aromatic heterocycles. The molecule has 6 nitrogen and oxygen atoms in total. The highest BCUT2D eigenvalue weighted by atomic mass is 32.2. The number of rotatable bonds is 7. The molecule has 1 aromatic rings. The molecule has 1 saturated heterocycles. The fraction of sp³-hybridized carbons (Fsp3) is 0.833. The van der Waals surface area contributed by atoms with E-state index < -0.39 is 15.8 Å². The molecular formula is C42H66N2O4S. The number of hydrogen-bond acceptors (Lipinski definition) is 5. The number of nitrogens with zero attached hydrogens (tertiary/aromatic N) is 1. The summed E-state index contributed by atoms with van der Waals surface area (Å²) in [6.45, 7) is 21.5. The third-order valence-corrected chi connectivity index (χ3v) is 18.9. The Hall–Kier alpha value is -1.44. The van der Waals surface area contributed by atoms with Gasteiger partial charge in [0.25, 0.3) is 0 Å². The van der Waals surface area contributed by atoms with Gasteiger partial charge in [0.15, 0.2) is 9.84 Å². The van der Waals surface area contributed by atoms with Gasteiger partial charge in [-0.3, -0.25) is 0 Å². The number of benzene rings is 1. The van der Waals surface area contributed by atoms with E-state index in [0.717, 1.165) is 36.8 Å². The molecule has 0 amide bonds. The molecule has 49 heavy (non-hydrogen) atoms. The predicted octanol–water partition coefficient (Wildman–Crippen LogP) is 8.28. The summed E-state index contributed by atoms with van der Waals surface area (Å²) in [4.78, 5) is 13.9. The van der Waals surface area contributed by atoms with Gasteiger partial charge in [-0.15, -0.1) is 0 Å². The molecule has 0 radical (unpaired) electrons. The fourth-order valence-corrected chi connectivity index (χ4v) is 15.9. The molecule has 6 aliphatic rings. The molecule has 0 spiro atoms. The Bertz CT molecular complexity index is 1510. The first kappa shape index (κ1) is 35.9. The van der Waals surface area contributed by atoms with Gasteiger partial charge in [0.05, 0.1) is 17.1 Å². The van der Waals surface area contributed by atoms with Crippen molar-refractivity contribution in [2.45, 2.75) is 124 Å². The van der Waals surface area contributed by atoms with Crippen LogP contribution < -0.4 is 5.32 Å². The van der Waals surface area contributed by atoms with Crippen LogP contribution in [0.15, 0.2) is 24.3 Å². The van der Waals surface area contributed by atoms with E-state index in [-0.39, 0.29) is 11.0 Å². The molecule has 10 atom stereocenters. The smallest absolute Gasteiger partial charge is 0.335 e. The first-order valence-corrected chi connectivity index (χ1v) is 21.8. The molecule has 1 aliphatic heterocycles. The van der Waals surface area contributed by atoms with Crippen LogP contribution in [0.3, 0.4) is 0 Å². The third kappa shape index (κ3) is 5.59. The van der Waals surface area contributed by atoms with Crippen molar-refractivity contribution in [1.82, 2.24) is 10.2 Å². The summed E-state index contributed by atoms with van der Waals surface area (Å²) < 4.78 is 24.1. The number of sulfone groups is 1. The Balaban J connectivity index is 1.12. The molecule has 1 heterocycles. The standard InChI is InChI=1S/C42H66N2O4S/c1-28(2)31-14-19-42(43-22-23-44-24-26-49(47,48)27-25-44)21-20-40(6)33(36(31)42)12-13-35-39(5)17-15-32(29-8-10-30(11-9-29)37(45)46)38(3,4)34(39)16-18-41(35,40)7/h8-11,28,31-36,43H,12-27H2,1-7H3,(H,45,46)/t31-,32+,33+,34?,35?,36?,39-,40+,41+,42-/m0/s1. The number of fused-ring (bicyclic) bond motifs is 7. The van der Waals surface area contributed by atoms with Gasteiger partial charge in [-0.1, -0.05) is 60.6 Å². The van der Waals surface area contributed by atoms with E-state index >= 15 is 0 Å². The van der Waals surface area contributed by atoms with Crippen LogP contribution >= 0.6 is 0 Å². The average molecular weight is 695 g/mol. The van der Waals surface area contributed by atoms with E-state index in [1.807, 2.05) is 12.1 Å². The second-order valence-corrected chi connectivity index (χ2v) is 21.9. The van der Waals surface area contributed by atoms with E-state index in [1.54, 1.807) is 0 Å². The van der Waals surface area contributed by atoms with Gasteiger partial charge in [-0.05, 0) is 145 Å². The number of nitrogens with one attached hydrogen (secondary N) is 1. The maximum absolute atomic E-state index is 12.0. The Morgan fingerprint density at radius 2 is 1.55 bits per heavy atom. The molecule has 1 aromatic carbocycles. The zero-order chi connectivity index (χ0) is 35.2. The van der Waals surface area contributed by atoms with Crippen LogP contribution in [0.1, 0.15) is 135 Å². The number of carbonyl (C=O) groups is 1. The zero-order valence-corrected chi connectivity index (χ0v) is 32.5. The van der Waals surface area contributed by atoms with E-state index in [4.69, 9.17) is 0 Å². The number of carboxylic acids is 1. The molecule has 7 heteroatoms. The minimum atomic E-state index is -2.85. The molecule has 5 saturated carbocycles. The van der Waals surface area contributed by atoms with Crippen molar-refractivity contribution in [3.05, 3.63) is 35.4 Å². The summed E-state index contributed by atoms with van der Waals surface area (Å²) in [7, 11) is -2.85. The molecule has 2 N–H and O–H groups in total. The van der Waals surface area contributed by atoms with Gasteiger partial charge in [0.1, 0.15) is 0 Å². The van der Waals surface area contributed by atoms with Crippen LogP contribution in [-0.4, -0.2) is 67.6 Å². The topological polar surface area (TPSA) is 86.7 Å². The van der Waals surface area contributed by atoms with E-state index in [2.05, 4.69) is 70.8 Å². The normalized spacial score (nSPS) is 44.4. The van der Waals surface area contributed by atoms with Gasteiger partial charge in [-0.25, -0.2) is 13.2 Å². The Labute approximate surface area is 297 Å². The second-order valence-electron chi connectivity index (χ2n) is 19.6. The lowest BCUT2D eigenvalue weighted by molar-refractivity contribution is -0.235. The fourth-order valence-electron chi connectivity index (χ4n) is 14.6. The van der Waals surface area contributed by atoms with E-state index in [0.29, 0.717) is 64.2 Å². The van der Waals surface area contributed by atoms with Crippen LogP contribution in [-0.2, 0) is 9.84 Å². The first-order chi connectivity index (χ1) is 23.0. The van der Waals surface area contributed by atoms with Crippen molar-refractivity contribution >= 4 is 15.8 Å². The SMILES string of the molecule is CC(C)[C@@H]1CC[C@]2(NCCN3CCS(=O)(=O)CC3)CC[C@]3(C)[C@H](CCC4[C@@]5(C)CC[C@H](c6ccc(C(=O)O)cc6)C(C)(C)C5CC[C@]43C)C12. The molecule has 5 aliphatic carbocycles. The number of carboxylic acid groups (broad SMARTS) is 1. The molecule has 7 rings (SSSR count). The molecule has 274 valence electrons. The predicted molar refractivity (Wildman–Crippen MR) is 199 cm³/mol. The van der Waals surface area contributed by atoms with Crippen molar-refractivity contribution in [3.8, 4) is 0 Å². The highest BCUT2D eigenvalue weighted by Crippen LogP contribution is 2.77. The summed E-state index contributed by atoms with van der Waals surface area (Å²) in [5.74, 6) is 4.59. The lowest BCUT2D eigenvalue weighted by atomic mass is 9.32. The Morgan fingerprint density at radius 1 is 0.857 bits per heavy atom. The van der Waals surface area contributed by atoms with Crippen LogP contribution in [0.4, 0.5) is 0 Å². The Morgan fingerprint density at radius 3 is 2.20 bits per heavy atom. The van der Waals surface area contributed by atoms with Crippen molar-refractivity contribution in [1.29, 1.82) is 0 Å². The van der Waals surface area contributed by atoms with Gasteiger partial charge in [0, 0.05) is 31.7 Å². The van der Waals surface area contributed by atoms with Crippen LogP contribution in [0.25, 0.3) is 0 Å². The lowest BCUT2D eigenvalue weighted by Crippen LogP contribution is -2.68. The maximum atomic E-state index is 12.0. The maximum Gasteiger partial charge on any atom is 0.335 e. The summed E-state index contributed by atoms with van der Waals surface area (Å²) in [6, 6.07) is 7.83. The molecular weight excluding hydrogens is 629 g/mol. The highest BCUT2D eigenvalue weighted by Gasteiger charge is 2.71. The van der Waals surface area contributed by atoms with Gasteiger partial charge in [-0.2, -0.15) is 0 Å². The van der Waals surface area contributed by atoms with Gasteiger partial charge in [0.2, 0.25) is 0 Å². The van der Waals surface area contributed by atoms with Crippen molar-refractivity contribution < 1.29 is 18.3 Å². The number of aromatic carboxylic acids is 1. The Kier molecular flexibility index (Phi) is 9.04. The zero-order valence-electron chi connectivity index (χ0n) is 31.7. The van der Waals surface area contributed by atoms with E-state index in [1.165, 1.54) is 69.8 Å². The lowest BCUT2D eigenvalue weighted by Gasteiger charge is -2.73. The minimum absolute atomic E-state index is 0.162. The van der Waals surface area contributed by atoms with Gasteiger partial charge >= 0.3 is 5.97 Å². The monoisotopic (exact) mass is 694 g/mol. The molecule has 3 unspecified atom stereocenters. The molecule has 6 fully saturated rings. The second kappa shape index (κ2) is 12.3. The largest absolute Gasteiger partial charge is 0.478 e. The van der Waals surface area contributed by atoms with Gasteiger partial charge < -0.3 is 15.3 Å².